The fourth-order valence-electron chi connectivity index (χ4n) is 3.52. The van der Waals surface area contributed by atoms with Gasteiger partial charge in [-0.1, -0.05) is 85.5 Å². The molecule has 2 heteroatoms. The number of halogens is 1. The van der Waals surface area contributed by atoms with Crippen LogP contribution in [0.5, 0.6) is 0 Å². The summed E-state index contributed by atoms with van der Waals surface area (Å²) in [5.74, 6) is 11.8. The largest absolute Gasteiger partial charge is 1.00 e. The highest BCUT2D eigenvalue weighted by molar-refractivity contribution is 7.95. The van der Waals surface area contributed by atoms with E-state index in [4.69, 9.17) is 0 Å². The number of hydrogen-bond donors (Lipinski definition) is 0. The Morgan fingerprint density at radius 2 is 1.19 bits per heavy atom. The van der Waals surface area contributed by atoms with Crippen molar-refractivity contribution in [2.45, 2.75) is 19.8 Å². The Morgan fingerprint density at radius 3 is 1.66 bits per heavy atom. The number of hydrogen-bond acceptors (Lipinski definition) is 0. The first kappa shape index (κ1) is 25.4. The molecule has 0 nitrogen and oxygen atoms in total. The summed E-state index contributed by atoms with van der Waals surface area (Å²) in [6.45, 7) is 2.12. The lowest BCUT2D eigenvalue weighted by Crippen LogP contribution is -3.00. The van der Waals surface area contributed by atoms with Gasteiger partial charge in [0, 0.05) is 6.42 Å². The van der Waals surface area contributed by atoms with E-state index in [1.807, 2.05) is 12.2 Å². The summed E-state index contributed by atoms with van der Waals surface area (Å²) in [4.78, 5) is 0. The van der Waals surface area contributed by atoms with Gasteiger partial charge in [-0.3, -0.25) is 0 Å². The van der Waals surface area contributed by atoms with Gasteiger partial charge in [-0.15, -0.1) is 0 Å². The number of unbranched alkanes of at least 4 members (excludes halogenated alkanes) is 1. The van der Waals surface area contributed by atoms with Gasteiger partial charge in [0.15, 0.2) is 0 Å². The van der Waals surface area contributed by atoms with Crippen molar-refractivity contribution in [2.75, 3.05) is 6.16 Å². The molecule has 0 unspecified atom stereocenters. The Balaban J connectivity index is 0.00000363. The maximum Gasteiger partial charge on any atom is 0.115 e. The molecule has 0 aromatic heterocycles. The quantitative estimate of drug-likeness (QED) is 0.267. The smallest absolute Gasteiger partial charge is 0.115 e. The lowest BCUT2D eigenvalue weighted by atomic mass is 10.3. The predicted octanol–water partition coefficient (Wildman–Crippen LogP) is 2.90. The Morgan fingerprint density at radius 1 is 0.688 bits per heavy atom. The summed E-state index contributed by atoms with van der Waals surface area (Å²) in [5.41, 5.74) is 0. The van der Waals surface area contributed by atoms with E-state index in [0.29, 0.717) is 0 Å². The molecule has 3 aromatic carbocycles. The van der Waals surface area contributed by atoms with Crippen molar-refractivity contribution in [3.8, 4) is 23.7 Å². The van der Waals surface area contributed by atoms with E-state index in [2.05, 4.69) is 134 Å². The van der Waals surface area contributed by atoms with Crippen molar-refractivity contribution in [1.29, 1.82) is 0 Å². The van der Waals surface area contributed by atoms with Crippen molar-refractivity contribution in [1.82, 2.24) is 0 Å². The van der Waals surface area contributed by atoms with Gasteiger partial charge in [0.05, 0.1) is 6.16 Å². The maximum absolute atomic E-state index is 3.04. The minimum atomic E-state index is -1.81. The molecule has 0 N–H and O–H groups in total. The average molecular weight is 499 g/mol. The number of benzene rings is 3. The van der Waals surface area contributed by atoms with Crippen LogP contribution in [0.4, 0.5) is 0 Å². The zero-order valence-corrected chi connectivity index (χ0v) is 20.9. The molecule has 0 bridgehead atoms. The Bertz CT molecular complexity index is 1010. The lowest BCUT2D eigenvalue weighted by Gasteiger charge is -2.26. The summed E-state index contributed by atoms with van der Waals surface area (Å²) >= 11 is 0. The van der Waals surface area contributed by atoms with E-state index >= 15 is 0 Å². The maximum atomic E-state index is 3.04. The first-order valence-electron chi connectivity index (χ1n) is 10.7. The van der Waals surface area contributed by atoms with Gasteiger partial charge in [0.25, 0.3) is 0 Å². The monoisotopic (exact) mass is 498 g/mol. The molecule has 160 valence electrons. The van der Waals surface area contributed by atoms with Gasteiger partial charge in [-0.2, -0.15) is 0 Å². The van der Waals surface area contributed by atoms with Crippen molar-refractivity contribution in [3.63, 3.8) is 0 Å². The second-order valence-electron chi connectivity index (χ2n) is 7.11. The molecule has 32 heavy (non-hydrogen) atoms. The molecule has 0 aliphatic rings. The highest BCUT2D eigenvalue weighted by Gasteiger charge is 2.43. The third kappa shape index (κ3) is 6.84. The normalized spacial score (nSPS) is 10.7. The van der Waals surface area contributed by atoms with Gasteiger partial charge in [-0.25, -0.2) is 0 Å². The van der Waals surface area contributed by atoms with E-state index in [1.54, 1.807) is 0 Å². The van der Waals surface area contributed by atoms with Gasteiger partial charge in [0.2, 0.25) is 0 Å². The predicted molar refractivity (Wildman–Crippen MR) is 139 cm³/mol. The summed E-state index contributed by atoms with van der Waals surface area (Å²) in [5, 5.41) is 4.19. The second-order valence-corrected chi connectivity index (χ2v) is 10.6. The molecule has 0 aliphatic carbocycles. The summed E-state index contributed by atoms with van der Waals surface area (Å²) in [6.07, 6.45) is 11.2. The van der Waals surface area contributed by atoms with Gasteiger partial charge < -0.3 is 17.0 Å². The first-order valence-corrected chi connectivity index (χ1v) is 12.7. The van der Waals surface area contributed by atoms with Crippen LogP contribution < -0.4 is 32.9 Å². The lowest BCUT2D eigenvalue weighted by molar-refractivity contribution is -0.00000604. The first-order chi connectivity index (χ1) is 15.4. The zero-order chi connectivity index (χ0) is 21.6. The zero-order valence-electron chi connectivity index (χ0n) is 18.4. The van der Waals surface area contributed by atoms with Crippen LogP contribution in [-0.4, -0.2) is 6.16 Å². The van der Waals surface area contributed by atoms with Crippen molar-refractivity contribution in [3.05, 3.63) is 115 Å². The number of rotatable bonds is 7. The SMILES string of the molecule is CCCC#CC#CC=CC=CC[P+](c1ccccc1)(c1ccccc1)c1ccccc1.[Br-]. The second kappa shape index (κ2) is 14.3. The molecule has 3 rings (SSSR count). The third-order valence-electron chi connectivity index (χ3n) is 4.99. The van der Waals surface area contributed by atoms with Crippen LogP contribution in [0.2, 0.25) is 0 Å². The van der Waals surface area contributed by atoms with Crippen molar-refractivity contribution >= 4 is 23.2 Å². The van der Waals surface area contributed by atoms with Gasteiger partial charge in [0.1, 0.15) is 23.2 Å². The molecule has 3 aromatic rings. The van der Waals surface area contributed by atoms with E-state index < -0.39 is 7.26 Å². The minimum absolute atomic E-state index is 0. The molecule has 0 heterocycles. The fraction of sp³-hybridized carbons (Fsp3) is 0.133. The molecule has 0 saturated carbocycles. The van der Waals surface area contributed by atoms with Crippen LogP contribution in [0, 0.1) is 23.7 Å². The van der Waals surface area contributed by atoms with Gasteiger partial charge in [-0.05, 0) is 66.8 Å². The van der Waals surface area contributed by atoms with Crippen LogP contribution in [0.15, 0.2) is 115 Å². The molecule has 0 atom stereocenters. The summed E-state index contributed by atoms with van der Waals surface area (Å²) in [7, 11) is -1.81. The Hall–Kier alpha value is -2.83. The van der Waals surface area contributed by atoms with Crippen molar-refractivity contribution in [2.24, 2.45) is 0 Å². The fourth-order valence-corrected chi connectivity index (χ4v) is 7.53. The topological polar surface area (TPSA) is 0 Å². The van der Waals surface area contributed by atoms with Crippen molar-refractivity contribution < 1.29 is 17.0 Å². The molecule has 0 fully saturated rings. The molecular weight excluding hydrogens is 471 g/mol. The van der Waals surface area contributed by atoms with E-state index in [9.17, 15) is 0 Å². The Kier molecular flexibility index (Phi) is 11.3. The molecule has 0 saturated heterocycles. The number of allylic oxidation sites excluding steroid dienone is 4. The van der Waals surface area contributed by atoms with Crippen LogP contribution in [-0.2, 0) is 0 Å². The van der Waals surface area contributed by atoms with E-state index in [0.717, 1.165) is 19.0 Å². The van der Waals surface area contributed by atoms with Gasteiger partial charge >= 0.3 is 0 Å². The standard InChI is InChI=1S/C30H28P.BrH/c1-2-3-4-5-6-7-8-9-10-20-27-31(28-21-14-11-15-22-28,29-23-16-12-17-24-29)30-25-18-13-19-26-30;/h8-26H,2-3,27H2,1H3;1H/q+1;/p-1. The van der Waals surface area contributed by atoms with Crippen LogP contribution in [0.1, 0.15) is 19.8 Å². The Labute approximate surface area is 204 Å². The van der Waals surface area contributed by atoms with Crippen LogP contribution in [0.3, 0.4) is 0 Å². The highest BCUT2D eigenvalue weighted by atomic mass is 79.9. The van der Waals surface area contributed by atoms with E-state index in [1.165, 1.54) is 15.9 Å². The molecule has 0 amide bonds. The van der Waals surface area contributed by atoms with Crippen LogP contribution >= 0.6 is 7.26 Å². The van der Waals surface area contributed by atoms with E-state index in [-0.39, 0.29) is 17.0 Å². The van der Waals surface area contributed by atoms with Crippen LogP contribution in [0.25, 0.3) is 0 Å². The average Bonchev–Trinajstić information content (AvgIpc) is 2.84. The molecule has 0 spiro atoms. The minimum Gasteiger partial charge on any atom is -1.00 e. The third-order valence-corrected chi connectivity index (χ3v) is 9.29. The summed E-state index contributed by atoms with van der Waals surface area (Å²) in [6, 6.07) is 32.8. The molecule has 0 aliphatic heterocycles. The highest BCUT2D eigenvalue weighted by Crippen LogP contribution is 2.55. The molecular formula is C30H28BrP. The summed E-state index contributed by atoms with van der Waals surface area (Å²) < 4.78 is 0. The molecule has 0 radical (unpaired) electrons.